The summed E-state index contributed by atoms with van der Waals surface area (Å²) in [6.45, 7) is 3.67. The van der Waals surface area contributed by atoms with Crippen LogP contribution in [0.4, 0.5) is 5.82 Å². The smallest absolute Gasteiger partial charge is 0.269 e. The van der Waals surface area contributed by atoms with Gasteiger partial charge in [-0.25, -0.2) is 17.4 Å². The number of aromatic nitrogens is 3. The topological polar surface area (TPSA) is 76.9 Å². The summed E-state index contributed by atoms with van der Waals surface area (Å²) in [6, 6.07) is 8.91. The molecule has 2 aromatic heterocycles. The van der Waals surface area contributed by atoms with Crippen LogP contribution in [0.25, 0.3) is 11.0 Å². The average molecular weight is 405 g/mol. The second-order valence-corrected chi connectivity index (χ2v) is 9.20. The molecule has 8 heteroatoms. The number of aryl methyl sites for hydroxylation is 2. The largest absolute Gasteiger partial charge is 0.367 e. The number of benzene rings is 1. The van der Waals surface area contributed by atoms with Crippen LogP contribution in [0.5, 0.6) is 0 Å². The SMILES string of the molecule is Cc1ccc(S(=O)(=O)n2c(C)cc3c(NC4CCCC4)nc(Cl)nc32)cc1. The molecule has 1 fully saturated rings. The average Bonchev–Trinajstić information content (AvgIpc) is 3.22. The fourth-order valence-corrected chi connectivity index (χ4v) is 5.30. The Bertz CT molecular complexity index is 1100. The highest BCUT2D eigenvalue weighted by atomic mass is 35.5. The van der Waals surface area contributed by atoms with Crippen LogP contribution in [-0.2, 0) is 10.0 Å². The van der Waals surface area contributed by atoms with Crippen LogP contribution in [0.15, 0.2) is 35.2 Å². The molecule has 1 aliphatic rings. The molecule has 1 saturated carbocycles. The molecule has 142 valence electrons. The van der Waals surface area contributed by atoms with Gasteiger partial charge in [0.15, 0.2) is 5.65 Å². The summed E-state index contributed by atoms with van der Waals surface area (Å²) < 4.78 is 27.7. The summed E-state index contributed by atoms with van der Waals surface area (Å²) in [6.07, 6.45) is 4.51. The first-order valence-corrected chi connectivity index (χ1v) is 10.8. The molecule has 0 bridgehead atoms. The zero-order valence-electron chi connectivity index (χ0n) is 15.2. The molecular weight excluding hydrogens is 384 g/mol. The van der Waals surface area contributed by atoms with Crippen LogP contribution < -0.4 is 5.32 Å². The van der Waals surface area contributed by atoms with Crippen molar-refractivity contribution in [3.63, 3.8) is 0 Å². The van der Waals surface area contributed by atoms with Crippen LogP contribution in [0.2, 0.25) is 5.28 Å². The lowest BCUT2D eigenvalue weighted by Gasteiger charge is -2.14. The Morgan fingerprint density at radius 3 is 2.44 bits per heavy atom. The number of nitrogens with zero attached hydrogens (tertiary/aromatic N) is 3. The van der Waals surface area contributed by atoms with Crippen LogP contribution in [0, 0.1) is 13.8 Å². The van der Waals surface area contributed by atoms with E-state index in [0.717, 1.165) is 18.4 Å². The van der Waals surface area contributed by atoms with E-state index in [2.05, 4.69) is 15.3 Å². The molecule has 27 heavy (non-hydrogen) atoms. The van der Waals surface area contributed by atoms with E-state index in [1.54, 1.807) is 37.3 Å². The molecule has 0 atom stereocenters. The Hall–Kier alpha value is -2.12. The molecule has 0 spiro atoms. The monoisotopic (exact) mass is 404 g/mol. The highest BCUT2D eigenvalue weighted by Gasteiger charge is 2.25. The van der Waals surface area contributed by atoms with Gasteiger partial charge < -0.3 is 5.32 Å². The van der Waals surface area contributed by atoms with Crippen molar-refractivity contribution < 1.29 is 8.42 Å². The lowest BCUT2D eigenvalue weighted by atomic mass is 10.2. The molecule has 0 radical (unpaired) electrons. The molecule has 1 aliphatic carbocycles. The predicted octanol–water partition coefficient (Wildman–Crippen LogP) is 4.29. The van der Waals surface area contributed by atoms with E-state index in [-0.39, 0.29) is 10.2 Å². The van der Waals surface area contributed by atoms with Crippen molar-refractivity contribution in [2.75, 3.05) is 5.32 Å². The third-order valence-electron chi connectivity index (χ3n) is 5.02. The molecule has 0 aliphatic heterocycles. The van der Waals surface area contributed by atoms with Crippen LogP contribution in [0.1, 0.15) is 36.9 Å². The van der Waals surface area contributed by atoms with Gasteiger partial charge in [-0.05, 0) is 56.5 Å². The van der Waals surface area contributed by atoms with Crippen molar-refractivity contribution in [2.45, 2.75) is 50.5 Å². The summed E-state index contributed by atoms with van der Waals surface area (Å²) in [5, 5.41) is 4.12. The van der Waals surface area contributed by atoms with Gasteiger partial charge in [-0.2, -0.15) is 4.98 Å². The molecule has 0 amide bonds. The number of hydrogen-bond donors (Lipinski definition) is 1. The zero-order valence-corrected chi connectivity index (χ0v) is 16.8. The van der Waals surface area contributed by atoms with Crippen molar-refractivity contribution in [3.8, 4) is 0 Å². The second-order valence-electron chi connectivity index (χ2n) is 7.07. The van der Waals surface area contributed by atoms with Gasteiger partial charge >= 0.3 is 0 Å². The van der Waals surface area contributed by atoms with E-state index in [4.69, 9.17) is 11.6 Å². The first kappa shape index (κ1) is 18.3. The maximum Gasteiger partial charge on any atom is 0.269 e. The Morgan fingerprint density at radius 1 is 1.11 bits per heavy atom. The molecule has 1 aromatic carbocycles. The molecule has 4 rings (SSSR count). The highest BCUT2D eigenvalue weighted by molar-refractivity contribution is 7.90. The first-order chi connectivity index (χ1) is 12.9. The maximum absolute atomic E-state index is 13.2. The van der Waals surface area contributed by atoms with Crippen LogP contribution >= 0.6 is 11.6 Å². The van der Waals surface area contributed by atoms with Crippen LogP contribution in [0.3, 0.4) is 0 Å². The summed E-state index contributed by atoms with van der Waals surface area (Å²) in [4.78, 5) is 8.78. The van der Waals surface area contributed by atoms with Crippen molar-refractivity contribution in [2.24, 2.45) is 0 Å². The van der Waals surface area contributed by atoms with E-state index < -0.39 is 10.0 Å². The van der Waals surface area contributed by atoms with Gasteiger partial charge in [-0.15, -0.1) is 0 Å². The van der Waals surface area contributed by atoms with Gasteiger partial charge in [0.1, 0.15) is 5.82 Å². The molecule has 2 heterocycles. The lowest BCUT2D eigenvalue weighted by Crippen LogP contribution is -2.17. The highest BCUT2D eigenvalue weighted by Crippen LogP contribution is 2.31. The number of nitrogens with one attached hydrogen (secondary N) is 1. The van der Waals surface area contributed by atoms with Gasteiger partial charge in [0, 0.05) is 11.7 Å². The fraction of sp³-hybridized carbons (Fsp3) is 0.368. The quantitative estimate of drug-likeness (QED) is 0.656. The normalized spacial score (nSPS) is 15.5. The third kappa shape index (κ3) is 3.30. The number of hydrogen-bond acceptors (Lipinski definition) is 5. The standard InChI is InChI=1S/C19H21ClN4O2S/c1-12-7-9-15(10-8-12)27(25,26)24-13(2)11-16-17(21-14-5-3-4-6-14)22-19(20)23-18(16)24/h7-11,14H,3-6H2,1-2H3,(H,21,22,23). The summed E-state index contributed by atoms with van der Waals surface area (Å²) in [5.74, 6) is 0.595. The van der Waals surface area contributed by atoms with E-state index in [1.807, 2.05) is 6.92 Å². The van der Waals surface area contributed by atoms with E-state index in [9.17, 15) is 8.42 Å². The first-order valence-electron chi connectivity index (χ1n) is 9.00. The number of anilines is 1. The minimum Gasteiger partial charge on any atom is -0.367 e. The summed E-state index contributed by atoms with van der Waals surface area (Å²) in [7, 11) is -3.79. The van der Waals surface area contributed by atoms with E-state index in [1.165, 1.54) is 16.8 Å². The Balaban J connectivity index is 1.87. The van der Waals surface area contributed by atoms with Crippen molar-refractivity contribution in [1.29, 1.82) is 0 Å². The van der Waals surface area contributed by atoms with Crippen molar-refractivity contribution in [3.05, 3.63) is 46.9 Å². The minimum absolute atomic E-state index is 0.0291. The number of rotatable bonds is 4. The predicted molar refractivity (Wildman–Crippen MR) is 107 cm³/mol. The van der Waals surface area contributed by atoms with Crippen LogP contribution in [-0.4, -0.2) is 28.4 Å². The van der Waals surface area contributed by atoms with Gasteiger partial charge in [0.05, 0.1) is 10.3 Å². The molecule has 0 unspecified atom stereocenters. The lowest BCUT2D eigenvalue weighted by molar-refractivity contribution is 0.587. The molecular formula is C19H21ClN4O2S. The van der Waals surface area contributed by atoms with Crippen molar-refractivity contribution in [1.82, 2.24) is 13.9 Å². The Labute approximate surface area is 163 Å². The van der Waals surface area contributed by atoms with Gasteiger partial charge in [-0.3, -0.25) is 0 Å². The summed E-state index contributed by atoms with van der Waals surface area (Å²) >= 11 is 6.14. The molecule has 0 saturated heterocycles. The fourth-order valence-electron chi connectivity index (χ4n) is 3.65. The molecule has 3 aromatic rings. The second kappa shape index (κ2) is 6.80. The van der Waals surface area contributed by atoms with Gasteiger partial charge in [0.25, 0.3) is 10.0 Å². The minimum atomic E-state index is -3.79. The number of fused-ring (bicyclic) bond motifs is 1. The Kier molecular flexibility index (Phi) is 4.60. The van der Waals surface area contributed by atoms with E-state index >= 15 is 0 Å². The molecule has 1 N–H and O–H groups in total. The van der Waals surface area contributed by atoms with Gasteiger partial charge in [-0.1, -0.05) is 30.5 Å². The number of halogens is 1. The maximum atomic E-state index is 13.2. The Morgan fingerprint density at radius 2 is 1.78 bits per heavy atom. The van der Waals surface area contributed by atoms with Crippen molar-refractivity contribution >= 4 is 38.5 Å². The molecule has 6 nitrogen and oxygen atoms in total. The summed E-state index contributed by atoms with van der Waals surface area (Å²) in [5.41, 5.74) is 1.86. The van der Waals surface area contributed by atoms with Gasteiger partial charge in [0.2, 0.25) is 5.28 Å². The third-order valence-corrected chi connectivity index (χ3v) is 7.00. The van der Waals surface area contributed by atoms with E-state index in [0.29, 0.717) is 28.6 Å². The zero-order chi connectivity index (χ0) is 19.2.